The number of carbonyl (C=O) groups is 3. The molecular weight excluding hydrogens is 412 g/mol. The number of amides is 4. The van der Waals surface area contributed by atoms with Crippen LogP contribution in [0, 0.1) is 0 Å². The summed E-state index contributed by atoms with van der Waals surface area (Å²) in [6, 6.07) is 8.83. The lowest BCUT2D eigenvalue weighted by molar-refractivity contribution is -0.122. The molecule has 1 N–H and O–H groups in total. The lowest BCUT2D eigenvalue weighted by atomic mass is 10.1. The number of anilines is 1. The van der Waals surface area contributed by atoms with Crippen LogP contribution in [-0.2, 0) is 9.59 Å². The molecule has 0 spiro atoms. The zero-order valence-corrected chi connectivity index (χ0v) is 17.3. The molecule has 1 aliphatic heterocycles. The Balaban J connectivity index is 2.11. The number of halogens is 1. The average molecular weight is 431 g/mol. The third-order valence-electron chi connectivity index (χ3n) is 4.31. The van der Waals surface area contributed by atoms with E-state index in [0.717, 1.165) is 4.90 Å². The lowest BCUT2D eigenvalue weighted by Crippen LogP contribution is -2.54. The predicted octanol–water partition coefficient (Wildman–Crippen LogP) is 3.42. The average Bonchev–Trinajstić information content (AvgIpc) is 2.73. The van der Waals surface area contributed by atoms with Crippen LogP contribution in [-0.4, -0.2) is 38.7 Å². The minimum absolute atomic E-state index is 0.0812. The van der Waals surface area contributed by atoms with Crippen molar-refractivity contribution in [2.24, 2.45) is 0 Å². The highest BCUT2D eigenvalue weighted by Crippen LogP contribution is 2.39. The first kappa shape index (κ1) is 21.2. The number of barbiturate groups is 1. The molecule has 4 amide bonds. The van der Waals surface area contributed by atoms with Crippen molar-refractivity contribution in [3.8, 4) is 17.2 Å². The highest BCUT2D eigenvalue weighted by atomic mass is 35.5. The molecule has 1 fully saturated rings. The van der Waals surface area contributed by atoms with Gasteiger partial charge in [0.1, 0.15) is 22.8 Å². The number of hydrogen-bond donors (Lipinski definition) is 1. The number of rotatable bonds is 6. The zero-order valence-electron chi connectivity index (χ0n) is 16.5. The molecule has 0 aliphatic carbocycles. The third-order valence-corrected chi connectivity index (χ3v) is 4.61. The Morgan fingerprint density at radius 2 is 1.73 bits per heavy atom. The lowest BCUT2D eigenvalue weighted by Gasteiger charge is -2.28. The smallest absolute Gasteiger partial charge is 0.336 e. The standard InChI is InChI=1S/C21H19ClN2O6/c1-4-30-16-8-6-5-7-12(16)9-13-19(25)23-21(27)24(20(13)26)15-11-17(28-2)14(22)10-18(15)29-3/h5-11H,4H2,1-3H3,(H,23,25,27)/b13-9+. The van der Waals surface area contributed by atoms with E-state index in [2.05, 4.69) is 5.32 Å². The van der Waals surface area contributed by atoms with E-state index in [1.54, 1.807) is 24.3 Å². The first-order valence-corrected chi connectivity index (χ1v) is 9.33. The normalized spacial score (nSPS) is 15.3. The van der Waals surface area contributed by atoms with Crippen molar-refractivity contribution in [1.29, 1.82) is 0 Å². The zero-order chi connectivity index (χ0) is 21.8. The summed E-state index contributed by atoms with van der Waals surface area (Å²) in [4.78, 5) is 38.9. The fourth-order valence-electron chi connectivity index (χ4n) is 2.94. The van der Waals surface area contributed by atoms with E-state index in [4.69, 9.17) is 25.8 Å². The first-order valence-electron chi connectivity index (χ1n) is 8.96. The van der Waals surface area contributed by atoms with Gasteiger partial charge in [-0.15, -0.1) is 0 Å². The van der Waals surface area contributed by atoms with E-state index in [-0.39, 0.29) is 27.8 Å². The number of ether oxygens (including phenoxy) is 3. The number of benzene rings is 2. The number of para-hydroxylation sites is 1. The summed E-state index contributed by atoms with van der Waals surface area (Å²) in [5, 5.41) is 2.41. The molecule has 1 aliphatic rings. The number of carbonyl (C=O) groups excluding carboxylic acids is 3. The van der Waals surface area contributed by atoms with Crippen molar-refractivity contribution in [2.45, 2.75) is 6.92 Å². The molecule has 8 nitrogen and oxygen atoms in total. The van der Waals surface area contributed by atoms with Gasteiger partial charge in [-0.25, -0.2) is 9.69 Å². The topological polar surface area (TPSA) is 94.2 Å². The molecule has 2 aromatic rings. The maximum Gasteiger partial charge on any atom is 0.336 e. The second kappa shape index (κ2) is 8.87. The highest BCUT2D eigenvalue weighted by Gasteiger charge is 2.38. The number of imide groups is 2. The SMILES string of the molecule is CCOc1ccccc1/C=C1\C(=O)NC(=O)N(c2cc(OC)c(Cl)cc2OC)C1=O. The third kappa shape index (κ3) is 3.95. The van der Waals surface area contributed by atoms with Gasteiger partial charge in [0.25, 0.3) is 11.8 Å². The van der Waals surface area contributed by atoms with E-state index in [1.165, 1.54) is 32.4 Å². The van der Waals surface area contributed by atoms with Crippen LogP contribution in [0.25, 0.3) is 6.08 Å². The van der Waals surface area contributed by atoms with Gasteiger partial charge in [0, 0.05) is 17.7 Å². The van der Waals surface area contributed by atoms with Crippen LogP contribution < -0.4 is 24.4 Å². The molecule has 0 aromatic heterocycles. The maximum absolute atomic E-state index is 13.2. The van der Waals surface area contributed by atoms with Crippen LogP contribution in [0.1, 0.15) is 12.5 Å². The molecule has 9 heteroatoms. The molecule has 30 heavy (non-hydrogen) atoms. The largest absolute Gasteiger partial charge is 0.495 e. The maximum atomic E-state index is 13.2. The van der Waals surface area contributed by atoms with Crippen LogP contribution in [0.3, 0.4) is 0 Å². The van der Waals surface area contributed by atoms with Crippen LogP contribution in [0.2, 0.25) is 5.02 Å². The van der Waals surface area contributed by atoms with Gasteiger partial charge in [0.05, 0.1) is 31.5 Å². The van der Waals surface area contributed by atoms with E-state index in [0.29, 0.717) is 17.9 Å². The number of nitrogens with one attached hydrogen (secondary N) is 1. The van der Waals surface area contributed by atoms with Crippen molar-refractivity contribution >= 4 is 41.2 Å². The summed E-state index contributed by atoms with van der Waals surface area (Å²) in [6.07, 6.45) is 1.38. The molecule has 156 valence electrons. The van der Waals surface area contributed by atoms with Gasteiger partial charge >= 0.3 is 6.03 Å². The Hall–Kier alpha value is -3.52. The minimum atomic E-state index is -0.914. The van der Waals surface area contributed by atoms with Crippen molar-refractivity contribution in [1.82, 2.24) is 5.32 Å². The van der Waals surface area contributed by atoms with Crippen LogP contribution in [0.15, 0.2) is 42.0 Å². The Kier molecular flexibility index (Phi) is 6.27. The summed E-state index contributed by atoms with van der Waals surface area (Å²) in [7, 11) is 2.77. The van der Waals surface area contributed by atoms with Crippen LogP contribution in [0.4, 0.5) is 10.5 Å². The van der Waals surface area contributed by atoms with E-state index in [1.807, 2.05) is 6.92 Å². The van der Waals surface area contributed by atoms with Crippen molar-refractivity contribution in [3.05, 3.63) is 52.6 Å². The van der Waals surface area contributed by atoms with Crippen LogP contribution >= 0.6 is 11.6 Å². The van der Waals surface area contributed by atoms with Gasteiger partial charge in [-0.1, -0.05) is 29.8 Å². The Morgan fingerprint density at radius 1 is 1.03 bits per heavy atom. The summed E-state index contributed by atoms with van der Waals surface area (Å²) in [5.41, 5.74) is 0.364. The highest BCUT2D eigenvalue weighted by molar-refractivity contribution is 6.39. The summed E-state index contributed by atoms with van der Waals surface area (Å²) in [6.45, 7) is 2.23. The molecule has 0 atom stereocenters. The van der Waals surface area contributed by atoms with Crippen molar-refractivity contribution in [3.63, 3.8) is 0 Å². The molecule has 0 saturated carbocycles. The number of methoxy groups -OCH3 is 2. The minimum Gasteiger partial charge on any atom is -0.495 e. The number of hydrogen-bond acceptors (Lipinski definition) is 6. The Bertz CT molecular complexity index is 1050. The predicted molar refractivity (Wildman–Crippen MR) is 111 cm³/mol. The second-order valence-electron chi connectivity index (χ2n) is 6.09. The van der Waals surface area contributed by atoms with Crippen LogP contribution in [0.5, 0.6) is 17.2 Å². The Morgan fingerprint density at radius 3 is 2.40 bits per heavy atom. The second-order valence-corrected chi connectivity index (χ2v) is 6.49. The van der Waals surface area contributed by atoms with Gasteiger partial charge in [-0.3, -0.25) is 14.9 Å². The van der Waals surface area contributed by atoms with Crippen molar-refractivity contribution < 1.29 is 28.6 Å². The summed E-state index contributed by atoms with van der Waals surface area (Å²) < 4.78 is 16.0. The fraction of sp³-hybridized carbons (Fsp3) is 0.190. The molecule has 1 saturated heterocycles. The van der Waals surface area contributed by atoms with Crippen molar-refractivity contribution in [2.75, 3.05) is 25.7 Å². The first-order chi connectivity index (χ1) is 14.4. The van der Waals surface area contributed by atoms with Gasteiger partial charge in [-0.2, -0.15) is 0 Å². The molecule has 2 aromatic carbocycles. The fourth-order valence-corrected chi connectivity index (χ4v) is 3.17. The van der Waals surface area contributed by atoms with Gasteiger partial charge in [0.15, 0.2) is 0 Å². The molecule has 3 rings (SSSR count). The van der Waals surface area contributed by atoms with E-state index >= 15 is 0 Å². The van der Waals surface area contributed by atoms with Gasteiger partial charge in [-0.05, 0) is 19.1 Å². The molecule has 0 radical (unpaired) electrons. The molecular formula is C21H19ClN2O6. The Labute approximate surface area is 178 Å². The monoisotopic (exact) mass is 430 g/mol. The van der Waals surface area contributed by atoms with E-state index in [9.17, 15) is 14.4 Å². The number of urea groups is 1. The van der Waals surface area contributed by atoms with Gasteiger partial charge < -0.3 is 14.2 Å². The molecule has 0 unspecified atom stereocenters. The molecule has 1 heterocycles. The quantitative estimate of drug-likeness (QED) is 0.557. The molecule has 0 bridgehead atoms. The van der Waals surface area contributed by atoms with Gasteiger partial charge in [0.2, 0.25) is 0 Å². The van der Waals surface area contributed by atoms with E-state index < -0.39 is 17.8 Å². The summed E-state index contributed by atoms with van der Waals surface area (Å²) >= 11 is 6.11. The summed E-state index contributed by atoms with van der Waals surface area (Å²) in [5.74, 6) is -0.739. The number of nitrogens with zero attached hydrogens (tertiary/aromatic N) is 1.